The Morgan fingerprint density at radius 3 is 2.00 bits per heavy atom. The van der Waals surface area contributed by atoms with Gasteiger partial charge in [0.1, 0.15) is 11.5 Å². The highest BCUT2D eigenvalue weighted by molar-refractivity contribution is 7.90. The number of nitrogens with two attached hydrogens (primary N) is 1. The highest BCUT2D eigenvalue weighted by atomic mass is 32.2. The van der Waals surface area contributed by atoms with Crippen LogP contribution in [0.1, 0.15) is 5.56 Å². The zero-order chi connectivity index (χ0) is 15.3. The Morgan fingerprint density at radius 2 is 1.52 bits per heavy atom. The van der Waals surface area contributed by atoms with Crippen LogP contribution in [0.5, 0.6) is 11.5 Å². The van der Waals surface area contributed by atoms with Gasteiger partial charge in [0.05, 0.1) is 4.90 Å². The lowest BCUT2D eigenvalue weighted by atomic mass is 10.1. The molecule has 7 heteroatoms. The monoisotopic (exact) mass is 305 g/mol. The van der Waals surface area contributed by atoms with Gasteiger partial charge in [-0.3, -0.25) is 0 Å². The van der Waals surface area contributed by atoms with Gasteiger partial charge in [-0.15, -0.1) is 0 Å². The second kappa shape index (κ2) is 6.47. The second-order valence-corrected chi connectivity index (χ2v) is 5.93. The zero-order valence-corrected chi connectivity index (χ0v) is 12.0. The van der Waals surface area contributed by atoms with Gasteiger partial charge < -0.3 is 10.5 Å². The van der Waals surface area contributed by atoms with Crippen molar-refractivity contribution in [2.75, 3.05) is 6.54 Å². The van der Waals surface area contributed by atoms with E-state index < -0.39 is 10.0 Å². The van der Waals surface area contributed by atoms with Crippen LogP contribution in [0, 0.1) is 5.53 Å². The van der Waals surface area contributed by atoms with E-state index in [1.165, 1.54) is 24.3 Å². The highest BCUT2D eigenvalue weighted by Crippen LogP contribution is 2.23. The number of ether oxygens (including phenoxy) is 1. The van der Waals surface area contributed by atoms with Crippen LogP contribution in [0.3, 0.4) is 0 Å². The Balaban J connectivity index is 2.11. The Kier molecular flexibility index (Phi) is 4.66. The van der Waals surface area contributed by atoms with E-state index in [-0.39, 0.29) is 4.90 Å². The molecular weight excluding hydrogens is 290 g/mol. The van der Waals surface area contributed by atoms with Gasteiger partial charge in [0.15, 0.2) is 0 Å². The summed E-state index contributed by atoms with van der Waals surface area (Å²) in [6, 6.07) is 13.3. The Bertz CT molecular complexity index is 710. The molecule has 0 atom stereocenters. The van der Waals surface area contributed by atoms with E-state index in [1.807, 2.05) is 24.3 Å². The molecule has 0 fully saturated rings. The van der Waals surface area contributed by atoms with Crippen molar-refractivity contribution < 1.29 is 13.2 Å². The van der Waals surface area contributed by atoms with Crippen molar-refractivity contribution in [1.29, 1.82) is 5.53 Å². The SMILES string of the molecule is N=NS(=O)(=O)c1ccc(Oc2ccc(CCN)cc2)cc1. The number of sulfonamides is 1. The third kappa shape index (κ3) is 3.87. The van der Waals surface area contributed by atoms with Gasteiger partial charge in [0, 0.05) is 0 Å². The van der Waals surface area contributed by atoms with Crippen LogP contribution in [-0.4, -0.2) is 15.0 Å². The molecule has 0 spiro atoms. The van der Waals surface area contributed by atoms with Crippen LogP contribution < -0.4 is 10.5 Å². The quantitative estimate of drug-likeness (QED) is 0.800. The summed E-state index contributed by atoms with van der Waals surface area (Å²) < 4.78 is 30.9. The molecule has 3 N–H and O–H groups in total. The van der Waals surface area contributed by atoms with Crippen LogP contribution in [0.25, 0.3) is 0 Å². The molecular formula is C14H15N3O3S. The van der Waals surface area contributed by atoms with E-state index in [1.54, 1.807) is 0 Å². The molecule has 0 aromatic heterocycles. The summed E-state index contributed by atoms with van der Waals surface area (Å²) in [5.41, 5.74) is 13.2. The Morgan fingerprint density at radius 1 is 1.00 bits per heavy atom. The van der Waals surface area contributed by atoms with Gasteiger partial charge in [-0.05, 0) is 54.9 Å². The molecule has 2 aromatic rings. The predicted octanol–water partition coefficient (Wildman–Crippen LogP) is 2.70. The van der Waals surface area contributed by atoms with Crippen LogP contribution >= 0.6 is 0 Å². The molecule has 0 radical (unpaired) electrons. The van der Waals surface area contributed by atoms with Crippen molar-refractivity contribution in [2.24, 2.45) is 10.3 Å². The lowest BCUT2D eigenvalue weighted by molar-refractivity contribution is 0.482. The van der Waals surface area contributed by atoms with E-state index in [9.17, 15) is 8.42 Å². The topological polar surface area (TPSA) is 106 Å². The minimum atomic E-state index is -3.88. The molecule has 0 bridgehead atoms. The fourth-order valence-corrected chi connectivity index (χ4v) is 2.34. The average Bonchev–Trinajstić information content (AvgIpc) is 2.50. The number of nitrogens with one attached hydrogen (secondary N) is 1. The largest absolute Gasteiger partial charge is 0.457 e. The maximum Gasteiger partial charge on any atom is 0.299 e. The number of hydrogen-bond acceptors (Lipinski definition) is 5. The van der Waals surface area contributed by atoms with E-state index in [2.05, 4.69) is 4.52 Å². The average molecular weight is 305 g/mol. The first-order chi connectivity index (χ1) is 10.0. The normalized spacial score (nSPS) is 11.1. The highest BCUT2D eigenvalue weighted by Gasteiger charge is 2.11. The first-order valence-electron chi connectivity index (χ1n) is 6.26. The maximum absolute atomic E-state index is 11.4. The van der Waals surface area contributed by atoms with Crippen LogP contribution in [0.4, 0.5) is 0 Å². The summed E-state index contributed by atoms with van der Waals surface area (Å²) in [5, 5.41) is 0. The zero-order valence-electron chi connectivity index (χ0n) is 11.2. The van der Waals surface area contributed by atoms with Gasteiger partial charge in [-0.25, -0.2) is 0 Å². The van der Waals surface area contributed by atoms with Crippen molar-refractivity contribution >= 4 is 10.0 Å². The maximum atomic E-state index is 11.4. The van der Waals surface area contributed by atoms with Crippen LogP contribution in [0.2, 0.25) is 0 Å². The molecule has 0 amide bonds. The molecule has 6 nitrogen and oxygen atoms in total. The minimum Gasteiger partial charge on any atom is -0.457 e. The molecule has 21 heavy (non-hydrogen) atoms. The summed E-state index contributed by atoms with van der Waals surface area (Å²) in [6.07, 6.45) is 0.809. The summed E-state index contributed by atoms with van der Waals surface area (Å²) in [7, 11) is -3.88. The summed E-state index contributed by atoms with van der Waals surface area (Å²) in [5.74, 6) is 1.15. The Hall–Kier alpha value is -2.25. The molecule has 0 aliphatic rings. The van der Waals surface area contributed by atoms with E-state index in [4.69, 9.17) is 16.0 Å². The van der Waals surface area contributed by atoms with Gasteiger partial charge >= 0.3 is 0 Å². The number of nitrogens with zero attached hydrogens (tertiary/aromatic N) is 1. The second-order valence-electron chi connectivity index (χ2n) is 4.32. The summed E-state index contributed by atoms with van der Waals surface area (Å²) >= 11 is 0. The molecule has 0 unspecified atom stereocenters. The summed E-state index contributed by atoms with van der Waals surface area (Å²) in [6.45, 7) is 0.594. The van der Waals surface area contributed by atoms with Crippen LogP contribution in [0.15, 0.2) is 57.9 Å². The first-order valence-corrected chi connectivity index (χ1v) is 7.70. The molecule has 0 saturated heterocycles. The lowest BCUT2D eigenvalue weighted by Crippen LogP contribution is -2.02. The molecule has 2 aromatic carbocycles. The fraction of sp³-hybridized carbons (Fsp3) is 0.143. The van der Waals surface area contributed by atoms with E-state index in [0.29, 0.717) is 18.0 Å². The van der Waals surface area contributed by atoms with Crippen molar-refractivity contribution in [3.8, 4) is 11.5 Å². The molecule has 110 valence electrons. The van der Waals surface area contributed by atoms with Crippen molar-refractivity contribution in [3.05, 3.63) is 54.1 Å². The minimum absolute atomic E-state index is 0.0388. The standard InChI is InChI=1S/C14H15N3O3S/c15-10-9-11-1-3-12(4-2-11)20-13-5-7-14(8-6-13)21(18,19)17-16/h1-8,16H,9-10,15H2. The van der Waals surface area contributed by atoms with Crippen molar-refractivity contribution in [3.63, 3.8) is 0 Å². The molecule has 0 saturated carbocycles. The van der Waals surface area contributed by atoms with Crippen LogP contribution in [-0.2, 0) is 16.4 Å². The lowest BCUT2D eigenvalue weighted by Gasteiger charge is -2.07. The van der Waals surface area contributed by atoms with Crippen molar-refractivity contribution in [1.82, 2.24) is 0 Å². The Labute approximate surface area is 123 Å². The van der Waals surface area contributed by atoms with Gasteiger partial charge in [0.25, 0.3) is 10.0 Å². The van der Waals surface area contributed by atoms with Gasteiger partial charge in [0.2, 0.25) is 0 Å². The molecule has 0 heterocycles. The van der Waals surface area contributed by atoms with E-state index >= 15 is 0 Å². The number of rotatable bonds is 6. The van der Waals surface area contributed by atoms with E-state index in [0.717, 1.165) is 12.0 Å². The molecule has 2 rings (SSSR count). The molecule has 0 aliphatic heterocycles. The first kappa shape index (κ1) is 15.1. The fourth-order valence-electron chi connectivity index (χ4n) is 1.76. The smallest absolute Gasteiger partial charge is 0.299 e. The number of hydrogen-bond donors (Lipinski definition) is 2. The number of benzene rings is 2. The van der Waals surface area contributed by atoms with Gasteiger partial charge in [-0.2, -0.15) is 13.9 Å². The summed E-state index contributed by atoms with van der Waals surface area (Å²) in [4.78, 5) is -0.0388. The predicted molar refractivity (Wildman–Crippen MR) is 78.0 cm³/mol. The molecule has 0 aliphatic carbocycles. The third-order valence-electron chi connectivity index (χ3n) is 2.83. The van der Waals surface area contributed by atoms with Crippen molar-refractivity contribution in [2.45, 2.75) is 11.3 Å². The van der Waals surface area contributed by atoms with Gasteiger partial charge in [-0.1, -0.05) is 16.7 Å². The third-order valence-corrected chi connectivity index (χ3v) is 3.94.